The fourth-order valence-electron chi connectivity index (χ4n) is 4.00. The molecular weight excluding hydrogens is 381 g/mol. The van der Waals surface area contributed by atoms with E-state index < -0.39 is 11.2 Å². The Labute approximate surface area is 174 Å². The van der Waals surface area contributed by atoms with Gasteiger partial charge < -0.3 is 4.90 Å². The number of rotatable bonds is 4. The molecule has 1 aliphatic rings. The van der Waals surface area contributed by atoms with Gasteiger partial charge in [-0.15, -0.1) is 0 Å². The van der Waals surface area contributed by atoms with E-state index in [1.807, 2.05) is 18.2 Å². The molecule has 2 heterocycles. The van der Waals surface area contributed by atoms with Crippen molar-refractivity contribution in [2.45, 2.75) is 26.2 Å². The average molecular weight is 405 g/mol. The number of aromatic nitrogens is 2. The highest BCUT2D eigenvalue weighted by Gasteiger charge is 2.27. The van der Waals surface area contributed by atoms with Gasteiger partial charge in [-0.2, -0.15) is 5.10 Å². The lowest BCUT2D eigenvalue weighted by molar-refractivity contribution is 0.0681. The van der Waals surface area contributed by atoms with Crippen LogP contribution in [-0.2, 0) is 6.42 Å². The van der Waals surface area contributed by atoms with Gasteiger partial charge in [-0.05, 0) is 49.8 Å². The fraction of sp³-hybridized carbons (Fsp3) is 0.292. The van der Waals surface area contributed by atoms with E-state index >= 15 is 0 Å². The second kappa shape index (κ2) is 8.61. The number of nitrogens with zero attached hydrogens (tertiary/aromatic N) is 3. The van der Waals surface area contributed by atoms with Gasteiger partial charge in [0, 0.05) is 24.8 Å². The molecule has 1 saturated heterocycles. The van der Waals surface area contributed by atoms with Crippen LogP contribution in [0.2, 0.25) is 0 Å². The van der Waals surface area contributed by atoms with Crippen molar-refractivity contribution in [1.82, 2.24) is 14.7 Å². The number of carbonyl (C=O) groups is 1. The molecule has 0 atom stereocenters. The first-order valence-electron chi connectivity index (χ1n) is 10.2. The summed E-state index contributed by atoms with van der Waals surface area (Å²) in [7, 11) is 0. The van der Waals surface area contributed by atoms with Crippen molar-refractivity contribution in [2.24, 2.45) is 5.92 Å². The second-order valence-electron chi connectivity index (χ2n) is 7.79. The van der Waals surface area contributed by atoms with Gasteiger partial charge in [0.2, 0.25) is 5.43 Å². The van der Waals surface area contributed by atoms with Crippen molar-refractivity contribution in [1.29, 1.82) is 0 Å². The molecule has 0 aliphatic carbocycles. The number of amides is 1. The Morgan fingerprint density at radius 1 is 1.07 bits per heavy atom. The summed E-state index contributed by atoms with van der Waals surface area (Å²) in [6, 6.07) is 17.9. The molecule has 0 N–H and O–H groups in total. The van der Waals surface area contributed by atoms with Gasteiger partial charge in [0.25, 0.3) is 5.91 Å². The van der Waals surface area contributed by atoms with E-state index in [2.05, 4.69) is 17.2 Å². The van der Waals surface area contributed by atoms with Gasteiger partial charge in [0.15, 0.2) is 5.69 Å². The van der Waals surface area contributed by atoms with Gasteiger partial charge in [-0.1, -0.05) is 42.5 Å². The molecule has 0 bridgehead atoms. The normalized spacial score (nSPS) is 14.7. The van der Waals surface area contributed by atoms with Crippen LogP contribution in [0.3, 0.4) is 0 Å². The average Bonchev–Trinajstić information content (AvgIpc) is 2.75. The summed E-state index contributed by atoms with van der Waals surface area (Å²) >= 11 is 0. The number of para-hydroxylation sites is 1. The lowest BCUT2D eigenvalue weighted by atomic mass is 9.90. The maximum absolute atomic E-state index is 14.2. The molecule has 6 heteroatoms. The molecule has 5 nitrogen and oxygen atoms in total. The SMILES string of the molecule is Cc1cc(=O)c(C(=O)N2CCC(Cc3ccccc3)CC2)nn1-c1ccccc1F. The van der Waals surface area contributed by atoms with Crippen molar-refractivity contribution >= 4 is 5.91 Å². The van der Waals surface area contributed by atoms with Gasteiger partial charge in [-0.25, -0.2) is 9.07 Å². The number of hydrogen-bond donors (Lipinski definition) is 0. The number of piperidine rings is 1. The van der Waals surface area contributed by atoms with Crippen LogP contribution in [-0.4, -0.2) is 33.7 Å². The highest BCUT2D eigenvalue weighted by atomic mass is 19.1. The molecule has 2 aromatic carbocycles. The monoisotopic (exact) mass is 405 g/mol. The molecule has 0 unspecified atom stereocenters. The van der Waals surface area contributed by atoms with Crippen LogP contribution < -0.4 is 5.43 Å². The summed E-state index contributed by atoms with van der Waals surface area (Å²) in [5, 5.41) is 4.24. The fourth-order valence-corrected chi connectivity index (χ4v) is 4.00. The van der Waals surface area contributed by atoms with E-state index in [1.54, 1.807) is 30.0 Å². The smallest absolute Gasteiger partial charge is 0.278 e. The summed E-state index contributed by atoms with van der Waals surface area (Å²) in [6.07, 6.45) is 2.76. The topological polar surface area (TPSA) is 55.2 Å². The number of carbonyl (C=O) groups excluding carboxylic acids is 1. The molecule has 0 spiro atoms. The van der Waals surface area contributed by atoms with Crippen molar-refractivity contribution < 1.29 is 9.18 Å². The van der Waals surface area contributed by atoms with Crippen LogP contribution in [0, 0.1) is 18.7 Å². The molecule has 1 aromatic heterocycles. The van der Waals surface area contributed by atoms with Crippen LogP contribution >= 0.6 is 0 Å². The Kier molecular flexibility index (Phi) is 5.74. The van der Waals surface area contributed by atoms with Crippen LogP contribution in [0.4, 0.5) is 4.39 Å². The number of hydrogen-bond acceptors (Lipinski definition) is 3. The summed E-state index contributed by atoms with van der Waals surface area (Å²) in [6.45, 7) is 2.85. The first kappa shape index (κ1) is 20.0. The zero-order valence-corrected chi connectivity index (χ0v) is 16.9. The minimum absolute atomic E-state index is 0.162. The van der Waals surface area contributed by atoms with Crippen molar-refractivity contribution in [3.8, 4) is 5.69 Å². The molecule has 0 radical (unpaired) electrons. The Balaban J connectivity index is 1.51. The minimum Gasteiger partial charge on any atom is -0.337 e. The first-order valence-corrected chi connectivity index (χ1v) is 10.2. The van der Waals surface area contributed by atoms with Gasteiger partial charge in [-0.3, -0.25) is 9.59 Å². The van der Waals surface area contributed by atoms with E-state index in [9.17, 15) is 14.0 Å². The van der Waals surface area contributed by atoms with Crippen molar-refractivity contribution in [2.75, 3.05) is 13.1 Å². The van der Waals surface area contributed by atoms with E-state index in [-0.39, 0.29) is 17.3 Å². The molecule has 30 heavy (non-hydrogen) atoms. The predicted molar refractivity (Wildman–Crippen MR) is 113 cm³/mol. The molecule has 1 aliphatic heterocycles. The third-order valence-corrected chi connectivity index (χ3v) is 5.66. The number of likely N-dealkylation sites (tertiary alicyclic amines) is 1. The standard InChI is InChI=1S/C24H24FN3O2/c1-17-15-22(29)23(26-28(17)21-10-6-5-9-20(21)25)24(30)27-13-11-19(12-14-27)16-18-7-3-2-4-8-18/h2-10,15,19H,11-14,16H2,1H3. The van der Waals surface area contributed by atoms with E-state index in [1.165, 1.54) is 22.4 Å². The Morgan fingerprint density at radius 3 is 2.43 bits per heavy atom. The molecule has 1 amide bonds. The zero-order valence-electron chi connectivity index (χ0n) is 16.9. The Hall–Kier alpha value is -3.28. The molecular formula is C24H24FN3O2. The van der Waals surface area contributed by atoms with Crippen molar-refractivity contribution in [3.05, 3.63) is 93.7 Å². The third-order valence-electron chi connectivity index (χ3n) is 5.66. The van der Waals surface area contributed by atoms with Crippen molar-refractivity contribution in [3.63, 3.8) is 0 Å². The van der Waals surface area contributed by atoms with E-state index in [4.69, 9.17) is 0 Å². The molecule has 3 aromatic rings. The number of aryl methyl sites for hydroxylation is 1. The van der Waals surface area contributed by atoms with Crippen LogP contribution in [0.15, 0.2) is 65.5 Å². The zero-order chi connectivity index (χ0) is 21.1. The van der Waals surface area contributed by atoms with Crippen LogP contribution in [0.5, 0.6) is 0 Å². The summed E-state index contributed by atoms with van der Waals surface area (Å²) in [4.78, 5) is 27.2. The molecule has 0 saturated carbocycles. The highest BCUT2D eigenvalue weighted by Crippen LogP contribution is 2.22. The maximum Gasteiger partial charge on any atom is 0.278 e. The number of halogens is 1. The summed E-state index contributed by atoms with van der Waals surface area (Å²) in [5.41, 5.74) is 1.39. The Morgan fingerprint density at radius 2 is 1.73 bits per heavy atom. The number of benzene rings is 2. The molecule has 1 fully saturated rings. The maximum atomic E-state index is 14.2. The summed E-state index contributed by atoms with van der Waals surface area (Å²) in [5.74, 6) is -0.336. The van der Waals surface area contributed by atoms with Gasteiger partial charge in [0.1, 0.15) is 11.5 Å². The van der Waals surface area contributed by atoms with Gasteiger partial charge >= 0.3 is 0 Å². The molecule has 154 valence electrons. The lowest BCUT2D eigenvalue weighted by Crippen LogP contribution is -2.41. The van der Waals surface area contributed by atoms with Crippen LogP contribution in [0.25, 0.3) is 5.69 Å². The lowest BCUT2D eigenvalue weighted by Gasteiger charge is -2.31. The first-order chi connectivity index (χ1) is 14.5. The largest absolute Gasteiger partial charge is 0.337 e. The predicted octanol–water partition coefficient (Wildman–Crippen LogP) is 3.77. The molecule has 4 rings (SSSR count). The minimum atomic E-state index is -0.461. The third kappa shape index (κ3) is 4.17. The summed E-state index contributed by atoms with van der Waals surface area (Å²) < 4.78 is 15.6. The highest BCUT2D eigenvalue weighted by molar-refractivity contribution is 5.92. The second-order valence-corrected chi connectivity index (χ2v) is 7.79. The Bertz CT molecular complexity index is 1100. The van der Waals surface area contributed by atoms with Gasteiger partial charge in [0.05, 0.1) is 0 Å². The quantitative estimate of drug-likeness (QED) is 0.664. The van der Waals surface area contributed by atoms with E-state index in [0.717, 1.165) is 19.3 Å². The van der Waals surface area contributed by atoms with E-state index in [0.29, 0.717) is 24.7 Å². The van der Waals surface area contributed by atoms with Crippen LogP contribution in [0.1, 0.15) is 34.6 Å².